The van der Waals surface area contributed by atoms with E-state index in [1.54, 1.807) is 31.4 Å². The normalized spacial score (nSPS) is 11.8. The van der Waals surface area contributed by atoms with Gasteiger partial charge in [0.15, 0.2) is 0 Å². The van der Waals surface area contributed by atoms with E-state index in [1.807, 2.05) is 29.8 Å². The number of esters is 1. The lowest BCUT2D eigenvalue weighted by molar-refractivity contribution is -0.145. The molecule has 0 aromatic carbocycles. The van der Waals surface area contributed by atoms with Crippen molar-refractivity contribution in [1.29, 1.82) is 0 Å². The van der Waals surface area contributed by atoms with Crippen LogP contribution in [0.15, 0.2) is 29.0 Å². The monoisotopic (exact) mass is 332 g/mol. The second kappa shape index (κ2) is 7.37. The number of nitrogens with zero attached hydrogens (tertiary/aromatic N) is 2. The van der Waals surface area contributed by atoms with Gasteiger partial charge in [-0.1, -0.05) is 6.92 Å². The van der Waals surface area contributed by atoms with Gasteiger partial charge < -0.3 is 9.64 Å². The lowest BCUT2D eigenvalue weighted by Gasteiger charge is -2.21. The van der Waals surface area contributed by atoms with Gasteiger partial charge in [0.25, 0.3) is 5.91 Å². The molecule has 0 N–H and O–H groups in total. The molecule has 0 aliphatic carbocycles. The molecular weight excluding hydrogens is 312 g/mol. The molecule has 0 spiro atoms. The average molecular weight is 332 g/mol. The van der Waals surface area contributed by atoms with Gasteiger partial charge in [-0.2, -0.15) is 11.3 Å². The van der Waals surface area contributed by atoms with Crippen molar-refractivity contribution in [2.24, 2.45) is 5.92 Å². The Morgan fingerprint density at radius 2 is 2.09 bits per heavy atom. The summed E-state index contributed by atoms with van der Waals surface area (Å²) < 4.78 is 4.69. The van der Waals surface area contributed by atoms with E-state index < -0.39 is 0 Å². The largest absolute Gasteiger partial charge is 0.469 e. The first kappa shape index (κ1) is 17.1. The summed E-state index contributed by atoms with van der Waals surface area (Å²) in [6.45, 7) is 3.86. The minimum absolute atomic E-state index is 0.150. The van der Waals surface area contributed by atoms with Crippen LogP contribution in [-0.2, 0) is 9.53 Å². The van der Waals surface area contributed by atoms with Crippen LogP contribution >= 0.6 is 11.3 Å². The van der Waals surface area contributed by atoms with E-state index in [4.69, 9.17) is 4.74 Å². The molecule has 0 aliphatic heterocycles. The van der Waals surface area contributed by atoms with E-state index in [-0.39, 0.29) is 17.8 Å². The van der Waals surface area contributed by atoms with Gasteiger partial charge in [-0.05, 0) is 30.5 Å². The number of methoxy groups -OCH3 is 1. The minimum atomic E-state index is -0.368. The highest BCUT2D eigenvalue weighted by atomic mass is 32.1. The predicted molar refractivity (Wildman–Crippen MR) is 90.4 cm³/mol. The van der Waals surface area contributed by atoms with Gasteiger partial charge in [0.05, 0.1) is 30.0 Å². The zero-order chi connectivity index (χ0) is 17.0. The smallest absolute Gasteiger partial charge is 0.310 e. The number of carbonyl (C=O) groups is 2. The van der Waals surface area contributed by atoms with Crippen LogP contribution in [0.25, 0.3) is 11.3 Å². The Balaban J connectivity index is 2.14. The molecule has 0 radical (unpaired) electrons. The maximum absolute atomic E-state index is 12.5. The van der Waals surface area contributed by atoms with E-state index in [1.165, 1.54) is 12.0 Å². The number of hydrogen-bond acceptors (Lipinski definition) is 5. The van der Waals surface area contributed by atoms with Gasteiger partial charge in [-0.3, -0.25) is 14.6 Å². The third-order valence-electron chi connectivity index (χ3n) is 3.63. The number of pyridine rings is 1. The predicted octanol–water partition coefficient (Wildman–Crippen LogP) is 3.00. The van der Waals surface area contributed by atoms with Crippen LogP contribution in [0.3, 0.4) is 0 Å². The topological polar surface area (TPSA) is 59.5 Å². The van der Waals surface area contributed by atoms with Gasteiger partial charge in [0.2, 0.25) is 0 Å². The quantitative estimate of drug-likeness (QED) is 0.790. The highest BCUT2D eigenvalue weighted by molar-refractivity contribution is 7.08. The van der Waals surface area contributed by atoms with Crippen molar-refractivity contribution in [3.63, 3.8) is 0 Å². The number of carbonyl (C=O) groups excluding carboxylic acids is 2. The lowest BCUT2D eigenvalue weighted by atomic mass is 10.1. The Kier molecular flexibility index (Phi) is 5.50. The minimum Gasteiger partial charge on any atom is -0.469 e. The Morgan fingerprint density at radius 1 is 1.35 bits per heavy atom. The van der Waals surface area contributed by atoms with Crippen LogP contribution in [0.1, 0.15) is 23.0 Å². The summed E-state index contributed by atoms with van der Waals surface area (Å²) in [6, 6.07) is 5.63. The molecule has 0 saturated carbocycles. The van der Waals surface area contributed by atoms with Crippen LogP contribution < -0.4 is 0 Å². The number of aromatic nitrogens is 1. The Labute approximate surface area is 139 Å². The third-order valence-corrected chi connectivity index (χ3v) is 4.31. The van der Waals surface area contributed by atoms with E-state index >= 15 is 0 Å². The maximum atomic E-state index is 12.5. The van der Waals surface area contributed by atoms with Crippen LogP contribution in [0.5, 0.6) is 0 Å². The SMILES string of the molecule is COC(=O)[C@H](C)CN(C)C(=O)c1ccc(-c2ccsc2)nc1C. The number of rotatable bonds is 5. The average Bonchev–Trinajstić information content (AvgIpc) is 3.07. The summed E-state index contributed by atoms with van der Waals surface area (Å²) in [6.07, 6.45) is 0. The molecule has 23 heavy (non-hydrogen) atoms. The summed E-state index contributed by atoms with van der Waals surface area (Å²) in [4.78, 5) is 30.1. The third kappa shape index (κ3) is 3.96. The summed E-state index contributed by atoms with van der Waals surface area (Å²) in [5.41, 5.74) is 3.12. The first-order valence-electron chi connectivity index (χ1n) is 7.27. The Bertz CT molecular complexity index is 698. The molecule has 6 heteroatoms. The van der Waals surface area contributed by atoms with Gasteiger partial charge in [0, 0.05) is 24.5 Å². The second-order valence-electron chi connectivity index (χ2n) is 5.45. The summed E-state index contributed by atoms with van der Waals surface area (Å²) in [7, 11) is 3.02. The van der Waals surface area contributed by atoms with Crippen molar-refractivity contribution in [3.05, 3.63) is 40.2 Å². The molecule has 0 unspecified atom stereocenters. The van der Waals surface area contributed by atoms with Crippen LogP contribution in [0, 0.1) is 12.8 Å². The van der Waals surface area contributed by atoms with Gasteiger partial charge in [-0.25, -0.2) is 0 Å². The summed E-state index contributed by atoms with van der Waals surface area (Å²) in [5, 5.41) is 4.01. The molecule has 1 atom stereocenters. The molecule has 0 aliphatic rings. The van der Waals surface area contributed by atoms with Crippen LogP contribution in [-0.4, -0.2) is 42.5 Å². The molecule has 2 aromatic heterocycles. The molecule has 1 amide bonds. The molecule has 0 fully saturated rings. The zero-order valence-electron chi connectivity index (χ0n) is 13.7. The number of aryl methyl sites for hydroxylation is 1. The number of amides is 1. The number of thiophene rings is 1. The van der Waals surface area contributed by atoms with E-state index in [9.17, 15) is 9.59 Å². The van der Waals surface area contributed by atoms with Crippen molar-refractivity contribution in [2.75, 3.05) is 20.7 Å². The van der Waals surface area contributed by atoms with Gasteiger partial charge >= 0.3 is 5.97 Å². The fourth-order valence-corrected chi connectivity index (χ4v) is 2.98. The van der Waals surface area contributed by atoms with E-state index in [0.29, 0.717) is 17.8 Å². The maximum Gasteiger partial charge on any atom is 0.310 e. The first-order valence-corrected chi connectivity index (χ1v) is 8.21. The molecule has 5 nitrogen and oxygen atoms in total. The van der Waals surface area contributed by atoms with Crippen molar-refractivity contribution >= 4 is 23.2 Å². The van der Waals surface area contributed by atoms with Crippen molar-refractivity contribution in [1.82, 2.24) is 9.88 Å². The number of ether oxygens (including phenoxy) is 1. The standard InChI is InChI=1S/C17H20N2O3S/c1-11(17(21)22-4)9-19(3)16(20)14-5-6-15(18-12(14)2)13-7-8-23-10-13/h5-8,10-11H,9H2,1-4H3/t11-/m1/s1. The summed E-state index contributed by atoms with van der Waals surface area (Å²) in [5.74, 6) is -0.845. The zero-order valence-corrected chi connectivity index (χ0v) is 14.5. The van der Waals surface area contributed by atoms with Crippen molar-refractivity contribution < 1.29 is 14.3 Å². The molecule has 2 aromatic rings. The molecule has 0 bridgehead atoms. The van der Waals surface area contributed by atoms with Crippen LogP contribution in [0.4, 0.5) is 0 Å². The first-order chi connectivity index (χ1) is 10.9. The molecular formula is C17H20N2O3S. The lowest BCUT2D eigenvalue weighted by Crippen LogP contribution is -2.34. The fraction of sp³-hybridized carbons (Fsp3) is 0.353. The molecule has 122 valence electrons. The molecule has 2 rings (SSSR count). The van der Waals surface area contributed by atoms with Crippen LogP contribution in [0.2, 0.25) is 0 Å². The number of hydrogen-bond donors (Lipinski definition) is 0. The van der Waals surface area contributed by atoms with E-state index in [0.717, 1.165) is 11.3 Å². The highest BCUT2D eigenvalue weighted by Crippen LogP contribution is 2.22. The van der Waals surface area contributed by atoms with Gasteiger partial charge in [0.1, 0.15) is 0 Å². The van der Waals surface area contributed by atoms with Gasteiger partial charge in [-0.15, -0.1) is 0 Å². The highest BCUT2D eigenvalue weighted by Gasteiger charge is 2.21. The Hall–Kier alpha value is -2.21. The van der Waals surface area contributed by atoms with Crippen molar-refractivity contribution in [2.45, 2.75) is 13.8 Å². The second-order valence-corrected chi connectivity index (χ2v) is 6.23. The summed E-state index contributed by atoms with van der Waals surface area (Å²) >= 11 is 1.61. The van der Waals surface area contributed by atoms with E-state index in [2.05, 4.69) is 4.98 Å². The molecule has 2 heterocycles. The Morgan fingerprint density at radius 3 is 2.65 bits per heavy atom. The molecule has 0 saturated heterocycles. The van der Waals surface area contributed by atoms with Crippen molar-refractivity contribution in [3.8, 4) is 11.3 Å². The fourth-order valence-electron chi connectivity index (χ4n) is 2.33.